The Morgan fingerprint density at radius 2 is 2.06 bits per heavy atom. The molecule has 0 bridgehead atoms. The predicted octanol–water partition coefficient (Wildman–Crippen LogP) is 1.09. The normalized spacial score (nSPS) is 13.9. The molecule has 0 aromatic carbocycles. The van der Waals surface area contributed by atoms with Gasteiger partial charge in [-0.15, -0.1) is 0 Å². The summed E-state index contributed by atoms with van der Waals surface area (Å²) in [6.07, 6.45) is 6.81. The molecule has 2 heterocycles. The number of rotatable bonds is 3. The summed E-state index contributed by atoms with van der Waals surface area (Å²) in [4.78, 5) is 7.97. The van der Waals surface area contributed by atoms with Crippen molar-refractivity contribution in [2.45, 2.75) is 19.0 Å². The minimum atomic E-state index is -0.126. The van der Waals surface area contributed by atoms with Crippen LogP contribution in [0.3, 0.4) is 0 Å². The maximum Gasteiger partial charge on any atom is 0.213 e. The van der Waals surface area contributed by atoms with Crippen LogP contribution in [0.5, 0.6) is 0 Å². The molecule has 2 aromatic rings. The molecule has 0 aliphatic carbocycles. The van der Waals surface area contributed by atoms with Gasteiger partial charge in [0.05, 0.1) is 6.04 Å². The van der Waals surface area contributed by atoms with Gasteiger partial charge in [-0.05, 0) is 24.6 Å². The molecule has 0 saturated heterocycles. The molecule has 0 aliphatic rings. The summed E-state index contributed by atoms with van der Waals surface area (Å²) >= 11 is 0. The highest BCUT2D eigenvalue weighted by atomic mass is 15.1. The Bertz CT molecular complexity index is 523. The smallest absolute Gasteiger partial charge is 0.213 e. The van der Waals surface area contributed by atoms with Crippen LogP contribution in [0, 0.1) is 11.3 Å². The van der Waals surface area contributed by atoms with Crippen LogP contribution in [0.4, 0.5) is 0 Å². The van der Waals surface area contributed by atoms with Crippen molar-refractivity contribution in [2.75, 3.05) is 0 Å². The minimum absolute atomic E-state index is 0.102. The van der Waals surface area contributed by atoms with Gasteiger partial charge in [-0.2, -0.15) is 5.26 Å². The molecule has 2 aromatic heterocycles. The second-order valence-electron chi connectivity index (χ2n) is 3.85. The van der Waals surface area contributed by atoms with Crippen LogP contribution in [0.2, 0.25) is 0 Å². The molecule has 5 nitrogen and oxygen atoms in total. The maximum absolute atomic E-state index is 9.00. The Morgan fingerprint density at radius 1 is 1.35 bits per heavy atom. The Labute approximate surface area is 99.5 Å². The number of imidazole rings is 1. The Morgan fingerprint density at radius 3 is 2.65 bits per heavy atom. The fourth-order valence-electron chi connectivity index (χ4n) is 1.90. The third-order valence-electron chi connectivity index (χ3n) is 2.61. The van der Waals surface area contributed by atoms with Gasteiger partial charge >= 0.3 is 0 Å². The molecule has 2 N–H and O–H groups in total. The first-order valence-corrected chi connectivity index (χ1v) is 5.32. The van der Waals surface area contributed by atoms with Gasteiger partial charge in [0.15, 0.2) is 0 Å². The Hall–Kier alpha value is -2.19. The molecule has 0 amide bonds. The summed E-state index contributed by atoms with van der Waals surface area (Å²) in [7, 11) is 0. The number of aromatic nitrogens is 3. The molecule has 0 radical (unpaired) electrons. The van der Waals surface area contributed by atoms with Gasteiger partial charge in [0, 0.05) is 30.8 Å². The molecule has 2 rings (SSSR count). The lowest BCUT2D eigenvalue weighted by atomic mass is 10.0. The van der Waals surface area contributed by atoms with Gasteiger partial charge in [-0.3, -0.25) is 4.98 Å². The molecular weight excluding hydrogens is 214 g/mol. The molecule has 0 saturated carbocycles. The summed E-state index contributed by atoms with van der Waals surface area (Å²) < 4.78 is 1.79. The van der Waals surface area contributed by atoms with Crippen LogP contribution in [0.1, 0.15) is 24.4 Å². The molecule has 0 spiro atoms. The molecule has 0 fully saturated rings. The lowest BCUT2D eigenvalue weighted by Gasteiger charge is -2.23. The van der Waals surface area contributed by atoms with E-state index in [-0.39, 0.29) is 12.1 Å². The minimum Gasteiger partial charge on any atom is -0.326 e. The Kier molecular flexibility index (Phi) is 3.17. The fraction of sp³-hybridized carbons (Fsp3) is 0.250. The van der Waals surface area contributed by atoms with Crippen LogP contribution < -0.4 is 5.73 Å². The maximum atomic E-state index is 9.00. The summed E-state index contributed by atoms with van der Waals surface area (Å²) in [5.41, 5.74) is 7.02. The van der Waals surface area contributed by atoms with Gasteiger partial charge in [-0.1, -0.05) is 0 Å². The highest BCUT2D eigenvalue weighted by Gasteiger charge is 2.20. The lowest BCUT2D eigenvalue weighted by Crippen LogP contribution is -2.30. The number of nitrogens with two attached hydrogens (primary N) is 1. The van der Waals surface area contributed by atoms with E-state index in [0.717, 1.165) is 5.56 Å². The van der Waals surface area contributed by atoms with E-state index in [1.54, 1.807) is 29.4 Å². The van der Waals surface area contributed by atoms with E-state index in [1.165, 1.54) is 0 Å². The van der Waals surface area contributed by atoms with Crippen molar-refractivity contribution in [1.82, 2.24) is 14.5 Å². The molecule has 2 atom stereocenters. The van der Waals surface area contributed by atoms with Gasteiger partial charge in [0.2, 0.25) is 5.82 Å². The van der Waals surface area contributed by atoms with Crippen molar-refractivity contribution in [1.29, 1.82) is 5.26 Å². The SMILES string of the molecule is CC(N)C(c1ccncc1)n1ccnc1C#N. The molecule has 0 aliphatic heterocycles. The first-order valence-electron chi connectivity index (χ1n) is 5.32. The Balaban J connectivity index is 2.48. The highest BCUT2D eigenvalue weighted by molar-refractivity contribution is 5.23. The third-order valence-corrected chi connectivity index (χ3v) is 2.61. The topological polar surface area (TPSA) is 80.5 Å². The van der Waals surface area contributed by atoms with Gasteiger partial charge in [-0.25, -0.2) is 4.98 Å². The number of hydrogen-bond donors (Lipinski definition) is 1. The molecule has 86 valence electrons. The molecular formula is C12H13N5. The van der Waals surface area contributed by atoms with Crippen LogP contribution in [-0.2, 0) is 0 Å². The van der Waals surface area contributed by atoms with Crippen molar-refractivity contribution in [3.05, 3.63) is 48.3 Å². The van der Waals surface area contributed by atoms with Crippen molar-refractivity contribution in [3.63, 3.8) is 0 Å². The van der Waals surface area contributed by atoms with E-state index in [0.29, 0.717) is 5.82 Å². The quantitative estimate of drug-likeness (QED) is 0.851. The van der Waals surface area contributed by atoms with Crippen LogP contribution >= 0.6 is 0 Å². The predicted molar refractivity (Wildman–Crippen MR) is 63.0 cm³/mol. The van der Waals surface area contributed by atoms with E-state index in [2.05, 4.69) is 16.0 Å². The van der Waals surface area contributed by atoms with Gasteiger partial charge in [0.25, 0.3) is 0 Å². The van der Waals surface area contributed by atoms with E-state index < -0.39 is 0 Å². The second kappa shape index (κ2) is 4.76. The van der Waals surface area contributed by atoms with Gasteiger partial charge < -0.3 is 10.3 Å². The van der Waals surface area contributed by atoms with E-state index in [1.807, 2.05) is 19.1 Å². The number of nitrogens with zero attached hydrogens (tertiary/aromatic N) is 4. The number of nitriles is 1. The standard InChI is InChI=1S/C12H13N5/c1-9(14)12(10-2-4-15-5-3-10)17-7-6-16-11(17)8-13/h2-7,9,12H,14H2,1H3. The summed E-state index contributed by atoms with van der Waals surface area (Å²) in [5.74, 6) is 0.365. The average molecular weight is 227 g/mol. The number of hydrogen-bond acceptors (Lipinski definition) is 4. The van der Waals surface area contributed by atoms with Crippen molar-refractivity contribution in [2.24, 2.45) is 5.73 Å². The van der Waals surface area contributed by atoms with E-state index in [4.69, 9.17) is 11.0 Å². The zero-order valence-electron chi connectivity index (χ0n) is 9.49. The largest absolute Gasteiger partial charge is 0.326 e. The summed E-state index contributed by atoms with van der Waals surface area (Å²) in [6, 6.07) is 5.63. The van der Waals surface area contributed by atoms with Crippen LogP contribution in [0.15, 0.2) is 36.9 Å². The summed E-state index contributed by atoms with van der Waals surface area (Å²) in [6.45, 7) is 1.91. The highest BCUT2D eigenvalue weighted by Crippen LogP contribution is 2.21. The van der Waals surface area contributed by atoms with Crippen molar-refractivity contribution in [3.8, 4) is 6.07 Å². The zero-order chi connectivity index (χ0) is 12.3. The average Bonchev–Trinajstić information content (AvgIpc) is 2.78. The number of pyridine rings is 1. The van der Waals surface area contributed by atoms with Crippen molar-refractivity contribution >= 4 is 0 Å². The molecule has 5 heteroatoms. The summed E-state index contributed by atoms with van der Waals surface area (Å²) in [5, 5.41) is 9.00. The first kappa shape index (κ1) is 11.3. The molecule has 17 heavy (non-hydrogen) atoms. The van der Waals surface area contributed by atoms with Gasteiger partial charge in [0.1, 0.15) is 6.07 Å². The first-order chi connectivity index (χ1) is 8.24. The van der Waals surface area contributed by atoms with Crippen molar-refractivity contribution < 1.29 is 0 Å². The van der Waals surface area contributed by atoms with E-state index in [9.17, 15) is 0 Å². The second-order valence-corrected chi connectivity index (χ2v) is 3.85. The van der Waals surface area contributed by atoms with E-state index >= 15 is 0 Å². The molecule has 2 unspecified atom stereocenters. The lowest BCUT2D eigenvalue weighted by molar-refractivity contribution is 0.491. The van der Waals surface area contributed by atoms with Crippen LogP contribution in [0.25, 0.3) is 0 Å². The zero-order valence-corrected chi connectivity index (χ0v) is 9.49. The fourth-order valence-corrected chi connectivity index (χ4v) is 1.90. The monoisotopic (exact) mass is 227 g/mol. The third kappa shape index (κ3) is 2.17. The van der Waals surface area contributed by atoms with Crippen LogP contribution in [-0.4, -0.2) is 20.6 Å².